The Morgan fingerprint density at radius 3 is 2.46 bits per heavy atom. The monoisotopic (exact) mass is 397 g/mol. The normalized spacial score (nSPS) is 11.9. The maximum atomic E-state index is 12.3. The third-order valence-electron chi connectivity index (χ3n) is 3.54. The SMILES string of the molecule is CC(C)C(NC(=O)c1ccco1)C(=O)OCC(=O)c1ccc(Cl)c(Cl)c1. The zero-order valence-electron chi connectivity index (χ0n) is 14.1. The molecule has 1 unspecified atom stereocenters. The summed E-state index contributed by atoms with van der Waals surface area (Å²) in [6.07, 6.45) is 1.35. The molecular weight excluding hydrogens is 381 g/mol. The fourth-order valence-corrected chi connectivity index (χ4v) is 2.40. The van der Waals surface area contributed by atoms with E-state index in [1.165, 1.54) is 30.5 Å². The predicted octanol–water partition coefficient (Wildman–Crippen LogP) is 3.77. The van der Waals surface area contributed by atoms with Crippen molar-refractivity contribution in [1.82, 2.24) is 5.32 Å². The quantitative estimate of drug-likeness (QED) is 0.567. The van der Waals surface area contributed by atoms with Crippen LogP contribution in [0.3, 0.4) is 0 Å². The summed E-state index contributed by atoms with van der Waals surface area (Å²) in [5.41, 5.74) is 0.271. The highest BCUT2D eigenvalue weighted by Gasteiger charge is 2.27. The first-order chi connectivity index (χ1) is 12.3. The lowest BCUT2D eigenvalue weighted by molar-refractivity contribution is -0.145. The van der Waals surface area contributed by atoms with Crippen LogP contribution in [0.1, 0.15) is 34.8 Å². The highest BCUT2D eigenvalue weighted by Crippen LogP contribution is 2.22. The smallest absolute Gasteiger partial charge is 0.329 e. The Bertz CT molecular complexity index is 802. The molecule has 1 aromatic carbocycles. The number of benzene rings is 1. The number of Topliss-reactive ketones (excluding diaryl/α,β-unsaturated/α-hetero) is 1. The summed E-state index contributed by atoms with van der Waals surface area (Å²) in [5, 5.41) is 3.09. The largest absolute Gasteiger partial charge is 0.459 e. The molecule has 1 atom stereocenters. The first-order valence-corrected chi connectivity index (χ1v) is 8.54. The van der Waals surface area contributed by atoms with E-state index >= 15 is 0 Å². The number of nitrogens with one attached hydrogen (secondary N) is 1. The number of carbonyl (C=O) groups is 3. The molecule has 0 radical (unpaired) electrons. The number of carbonyl (C=O) groups excluding carboxylic acids is 3. The van der Waals surface area contributed by atoms with Gasteiger partial charge < -0.3 is 14.5 Å². The average molecular weight is 398 g/mol. The molecule has 2 aromatic rings. The van der Waals surface area contributed by atoms with Gasteiger partial charge in [-0.1, -0.05) is 37.0 Å². The molecule has 6 nitrogen and oxygen atoms in total. The van der Waals surface area contributed by atoms with Crippen molar-refractivity contribution in [3.8, 4) is 0 Å². The molecule has 1 aromatic heterocycles. The third-order valence-corrected chi connectivity index (χ3v) is 4.28. The lowest BCUT2D eigenvalue weighted by atomic mass is 10.0. The van der Waals surface area contributed by atoms with E-state index in [-0.39, 0.29) is 22.3 Å². The third kappa shape index (κ3) is 5.09. The maximum Gasteiger partial charge on any atom is 0.329 e. The van der Waals surface area contributed by atoms with Crippen molar-refractivity contribution in [3.05, 3.63) is 58.0 Å². The number of ketones is 1. The molecule has 0 saturated carbocycles. The molecule has 1 amide bonds. The van der Waals surface area contributed by atoms with E-state index in [0.717, 1.165) is 0 Å². The first kappa shape index (κ1) is 20.0. The molecule has 0 spiro atoms. The van der Waals surface area contributed by atoms with Crippen molar-refractivity contribution in [2.75, 3.05) is 6.61 Å². The van der Waals surface area contributed by atoms with Crippen LogP contribution in [-0.4, -0.2) is 30.3 Å². The zero-order valence-corrected chi connectivity index (χ0v) is 15.6. The predicted molar refractivity (Wildman–Crippen MR) is 96.6 cm³/mol. The van der Waals surface area contributed by atoms with Crippen LogP contribution in [0.2, 0.25) is 10.0 Å². The van der Waals surface area contributed by atoms with E-state index < -0.39 is 30.3 Å². The first-order valence-electron chi connectivity index (χ1n) is 7.79. The van der Waals surface area contributed by atoms with Gasteiger partial charge in [0.05, 0.1) is 16.3 Å². The summed E-state index contributed by atoms with van der Waals surface area (Å²) >= 11 is 11.7. The Morgan fingerprint density at radius 2 is 1.88 bits per heavy atom. The van der Waals surface area contributed by atoms with Gasteiger partial charge in [0, 0.05) is 5.56 Å². The van der Waals surface area contributed by atoms with Gasteiger partial charge in [0.1, 0.15) is 6.04 Å². The minimum Gasteiger partial charge on any atom is -0.459 e. The molecule has 26 heavy (non-hydrogen) atoms. The fraction of sp³-hybridized carbons (Fsp3) is 0.278. The van der Waals surface area contributed by atoms with Crippen molar-refractivity contribution >= 4 is 40.9 Å². The van der Waals surface area contributed by atoms with Gasteiger partial charge in [-0.15, -0.1) is 0 Å². The molecule has 1 N–H and O–H groups in total. The Labute approximate surface area is 160 Å². The van der Waals surface area contributed by atoms with Gasteiger partial charge in [0.2, 0.25) is 0 Å². The number of rotatable bonds is 7. The van der Waals surface area contributed by atoms with E-state index in [1.54, 1.807) is 19.9 Å². The summed E-state index contributed by atoms with van der Waals surface area (Å²) in [6.45, 7) is 3.01. The van der Waals surface area contributed by atoms with Crippen molar-refractivity contribution in [1.29, 1.82) is 0 Å². The molecule has 0 bridgehead atoms. The number of ether oxygens (including phenoxy) is 1. The second-order valence-corrected chi connectivity index (χ2v) is 6.65. The van der Waals surface area contributed by atoms with Gasteiger partial charge in [-0.05, 0) is 36.2 Å². The van der Waals surface area contributed by atoms with Crippen molar-refractivity contribution in [2.45, 2.75) is 19.9 Å². The summed E-state index contributed by atoms with van der Waals surface area (Å²) in [4.78, 5) is 36.5. The number of furan rings is 1. The van der Waals surface area contributed by atoms with Crippen LogP contribution in [0.15, 0.2) is 41.0 Å². The summed E-state index contributed by atoms with van der Waals surface area (Å²) in [7, 11) is 0. The Morgan fingerprint density at radius 1 is 1.15 bits per heavy atom. The highest BCUT2D eigenvalue weighted by molar-refractivity contribution is 6.42. The lowest BCUT2D eigenvalue weighted by Gasteiger charge is -2.20. The van der Waals surface area contributed by atoms with Gasteiger partial charge in [-0.25, -0.2) is 4.79 Å². The van der Waals surface area contributed by atoms with Gasteiger partial charge >= 0.3 is 5.97 Å². The van der Waals surface area contributed by atoms with Crippen LogP contribution >= 0.6 is 23.2 Å². The van der Waals surface area contributed by atoms with Crippen molar-refractivity contribution in [2.24, 2.45) is 5.92 Å². The molecular formula is C18H17Cl2NO5. The standard InChI is InChI=1S/C18H17Cl2NO5/c1-10(2)16(21-17(23)15-4-3-7-25-15)18(24)26-9-14(22)11-5-6-12(19)13(20)8-11/h3-8,10,16H,9H2,1-2H3,(H,21,23). The Kier molecular flexibility index (Phi) is 6.83. The summed E-state index contributed by atoms with van der Waals surface area (Å²) in [5.74, 6) is -1.86. The number of amides is 1. The van der Waals surface area contributed by atoms with Crippen molar-refractivity contribution in [3.63, 3.8) is 0 Å². The maximum absolute atomic E-state index is 12.3. The molecule has 0 saturated heterocycles. The molecule has 8 heteroatoms. The fourth-order valence-electron chi connectivity index (χ4n) is 2.10. The molecule has 0 aliphatic carbocycles. The Hall–Kier alpha value is -2.31. The van der Waals surface area contributed by atoms with E-state index in [1.807, 2.05) is 0 Å². The van der Waals surface area contributed by atoms with Gasteiger partial charge in [0.25, 0.3) is 5.91 Å². The van der Waals surface area contributed by atoms with Crippen LogP contribution in [-0.2, 0) is 9.53 Å². The molecule has 0 aliphatic heterocycles. The van der Waals surface area contributed by atoms with Crippen LogP contribution < -0.4 is 5.32 Å². The topological polar surface area (TPSA) is 85.6 Å². The van der Waals surface area contributed by atoms with Gasteiger partial charge in [-0.3, -0.25) is 9.59 Å². The second-order valence-electron chi connectivity index (χ2n) is 5.83. The highest BCUT2D eigenvalue weighted by atomic mass is 35.5. The van der Waals surface area contributed by atoms with Crippen LogP contribution in [0.25, 0.3) is 0 Å². The van der Waals surface area contributed by atoms with Gasteiger partial charge in [-0.2, -0.15) is 0 Å². The average Bonchev–Trinajstić information content (AvgIpc) is 3.13. The van der Waals surface area contributed by atoms with Crippen molar-refractivity contribution < 1.29 is 23.5 Å². The minimum atomic E-state index is -0.922. The minimum absolute atomic E-state index is 0.0790. The van der Waals surface area contributed by atoms with Crippen LogP contribution in [0.5, 0.6) is 0 Å². The molecule has 0 fully saturated rings. The molecule has 138 valence electrons. The molecule has 2 rings (SSSR count). The zero-order chi connectivity index (χ0) is 19.3. The lowest BCUT2D eigenvalue weighted by Crippen LogP contribution is -2.45. The van der Waals surface area contributed by atoms with E-state index in [0.29, 0.717) is 5.02 Å². The Balaban J connectivity index is 1.97. The number of esters is 1. The van der Waals surface area contributed by atoms with Crippen LogP contribution in [0, 0.1) is 5.92 Å². The van der Waals surface area contributed by atoms with E-state index in [2.05, 4.69) is 5.32 Å². The molecule has 1 heterocycles. The van der Waals surface area contributed by atoms with E-state index in [4.69, 9.17) is 32.4 Å². The van der Waals surface area contributed by atoms with Crippen LogP contribution in [0.4, 0.5) is 0 Å². The number of halogens is 2. The van der Waals surface area contributed by atoms with Gasteiger partial charge in [0.15, 0.2) is 18.2 Å². The number of hydrogen-bond acceptors (Lipinski definition) is 5. The summed E-state index contributed by atoms with van der Waals surface area (Å²) < 4.78 is 10.1. The molecule has 0 aliphatic rings. The second kappa shape index (κ2) is 8.87. The number of hydrogen-bond donors (Lipinski definition) is 1. The summed E-state index contributed by atoms with van der Waals surface area (Å²) in [6, 6.07) is 6.50. The van der Waals surface area contributed by atoms with E-state index in [9.17, 15) is 14.4 Å².